The highest BCUT2D eigenvalue weighted by atomic mass is 16.5. The van der Waals surface area contributed by atoms with E-state index in [1.807, 2.05) is 6.08 Å². The quantitative estimate of drug-likeness (QED) is 0.682. The summed E-state index contributed by atoms with van der Waals surface area (Å²) in [5.74, 6) is 0.942. The van der Waals surface area contributed by atoms with E-state index in [0.717, 1.165) is 44.1 Å². The molecule has 18 heavy (non-hydrogen) atoms. The van der Waals surface area contributed by atoms with Crippen LogP contribution in [0.4, 0.5) is 0 Å². The van der Waals surface area contributed by atoms with Gasteiger partial charge < -0.3 is 9.84 Å². The van der Waals surface area contributed by atoms with Gasteiger partial charge in [-0.1, -0.05) is 18.2 Å². The van der Waals surface area contributed by atoms with Crippen LogP contribution in [0.2, 0.25) is 0 Å². The summed E-state index contributed by atoms with van der Waals surface area (Å²) in [4.78, 5) is 2.31. The molecule has 0 aromatic carbocycles. The minimum absolute atomic E-state index is 0.711. The highest BCUT2D eigenvalue weighted by molar-refractivity contribution is 5.06. The van der Waals surface area contributed by atoms with Crippen LogP contribution in [0.5, 0.6) is 0 Å². The zero-order valence-electron chi connectivity index (χ0n) is 11.2. The lowest BCUT2D eigenvalue weighted by Gasteiger charge is -2.17. The van der Waals surface area contributed by atoms with E-state index in [9.17, 15) is 0 Å². The fourth-order valence-electron chi connectivity index (χ4n) is 2.00. The molecule has 1 N–H and O–H groups in total. The number of hydrogen-bond acceptors (Lipinski definition) is 4. The molecule has 0 bridgehead atoms. The summed E-state index contributed by atoms with van der Waals surface area (Å²) in [7, 11) is 0. The zero-order valence-corrected chi connectivity index (χ0v) is 11.2. The molecule has 0 saturated heterocycles. The van der Waals surface area contributed by atoms with Crippen molar-refractivity contribution in [3.05, 3.63) is 30.2 Å². The van der Waals surface area contributed by atoms with Gasteiger partial charge in [0.25, 0.3) is 0 Å². The highest BCUT2D eigenvalue weighted by Crippen LogP contribution is 2.19. The molecule has 1 aromatic rings. The Hall–Kier alpha value is -1.13. The average molecular weight is 249 g/mol. The first-order chi connectivity index (χ1) is 8.81. The molecule has 100 valence electrons. The monoisotopic (exact) mass is 249 g/mol. The molecule has 4 heteroatoms. The summed E-state index contributed by atoms with van der Waals surface area (Å²) in [6.07, 6.45) is 5.67. The first kappa shape index (κ1) is 13.3. The largest absolute Gasteiger partial charge is 0.360 e. The van der Waals surface area contributed by atoms with Gasteiger partial charge in [-0.2, -0.15) is 0 Å². The molecule has 0 amide bonds. The summed E-state index contributed by atoms with van der Waals surface area (Å²) in [6.45, 7) is 9.56. The molecule has 2 rings (SSSR count). The van der Waals surface area contributed by atoms with Gasteiger partial charge in [0.05, 0.1) is 12.2 Å². The van der Waals surface area contributed by atoms with Crippen molar-refractivity contribution >= 4 is 0 Å². The Balaban J connectivity index is 1.81. The molecule has 1 fully saturated rings. The first-order valence-corrected chi connectivity index (χ1v) is 6.83. The van der Waals surface area contributed by atoms with E-state index in [1.54, 1.807) is 0 Å². The van der Waals surface area contributed by atoms with Gasteiger partial charge in [0.1, 0.15) is 0 Å². The maximum Gasteiger partial charge on any atom is 0.151 e. The fourth-order valence-corrected chi connectivity index (χ4v) is 2.00. The molecule has 0 radical (unpaired) electrons. The topological polar surface area (TPSA) is 41.3 Å². The lowest BCUT2D eigenvalue weighted by atomic mass is 10.3. The Kier molecular flexibility index (Phi) is 4.96. The molecule has 1 aliphatic rings. The number of rotatable bonds is 9. The first-order valence-electron chi connectivity index (χ1n) is 6.83. The number of aromatic nitrogens is 1. The van der Waals surface area contributed by atoms with Gasteiger partial charge in [-0.15, -0.1) is 6.58 Å². The third-order valence-electron chi connectivity index (χ3n) is 3.06. The summed E-state index contributed by atoms with van der Waals surface area (Å²) in [5.41, 5.74) is 1.01. The Labute approximate surface area is 109 Å². The van der Waals surface area contributed by atoms with Gasteiger partial charge in [-0.3, -0.25) is 4.90 Å². The molecule has 0 atom stereocenters. The normalized spacial score (nSPS) is 15.2. The minimum Gasteiger partial charge on any atom is -0.360 e. The van der Waals surface area contributed by atoms with Gasteiger partial charge in [0.15, 0.2) is 5.76 Å². The van der Waals surface area contributed by atoms with E-state index in [-0.39, 0.29) is 0 Å². The Bertz CT molecular complexity index is 371. The maximum atomic E-state index is 5.37. The van der Waals surface area contributed by atoms with Crippen molar-refractivity contribution in [3.8, 4) is 0 Å². The second-order valence-corrected chi connectivity index (χ2v) is 4.96. The van der Waals surface area contributed by atoms with Crippen molar-refractivity contribution in [3.63, 3.8) is 0 Å². The van der Waals surface area contributed by atoms with Crippen molar-refractivity contribution in [1.82, 2.24) is 15.4 Å². The van der Waals surface area contributed by atoms with Crippen LogP contribution in [0.1, 0.15) is 37.6 Å². The van der Waals surface area contributed by atoms with E-state index in [1.165, 1.54) is 12.8 Å². The summed E-state index contributed by atoms with van der Waals surface area (Å²) in [6, 6.07) is 2.77. The van der Waals surface area contributed by atoms with Gasteiger partial charge in [0.2, 0.25) is 0 Å². The molecular formula is C14H23N3O. The maximum absolute atomic E-state index is 5.37. The van der Waals surface area contributed by atoms with Gasteiger partial charge >= 0.3 is 0 Å². The molecule has 1 saturated carbocycles. The Morgan fingerprint density at radius 2 is 2.44 bits per heavy atom. The standard InChI is InChI=1S/C14H23N3O/c1-3-7-17(8-4-2)11-14-9-13(16-18-14)10-15-12-5-6-12/h3,9,12,15H,1,4-8,10-11H2,2H3. The van der Waals surface area contributed by atoms with Crippen LogP contribution in [-0.4, -0.2) is 29.2 Å². The van der Waals surface area contributed by atoms with Gasteiger partial charge in [0, 0.05) is 25.2 Å². The van der Waals surface area contributed by atoms with Crippen LogP contribution in [-0.2, 0) is 13.1 Å². The van der Waals surface area contributed by atoms with E-state index in [0.29, 0.717) is 6.04 Å². The molecule has 4 nitrogen and oxygen atoms in total. The molecule has 0 spiro atoms. The second-order valence-electron chi connectivity index (χ2n) is 4.96. The molecule has 1 aromatic heterocycles. The third-order valence-corrected chi connectivity index (χ3v) is 3.06. The van der Waals surface area contributed by atoms with E-state index < -0.39 is 0 Å². The highest BCUT2D eigenvalue weighted by Gasteiger charge is 2.20. The van der Waals surface area contributed by atoms with Crippen molar-refractivity contribution in [2.24, 2.45) is 0 Å². The SMILES string of the molecule is C=CCN(CCC)Cc1cc(CNC2CC2)no1. The summed E-state index contributed by atoms with van der Waals surface area (Å²) < 4.78 is 5.37. The van der Waals surface area contributed by atoms with Gasteiger partial charge in [-0.25, -0.2) is 0 Å². The van der Waals surface area contributed by atoms with Crippen LogP contribution in [0.25, 0.3) is 0 Å². The Morgan fingerprint density at radius 1 is 1.61 bits per heavy atom. The van der Waals surface area contributed by atoms with Crippen LogP contribution >= 0.6 is 0 Å². The molecule has 1 heterocycles. The predicted octanol–water partition coefficient (Wildman–Crippen LogP) is 2.32. The molecule has 1 aliphatic carbocycles. The smallest absolute Gasteiger partial charge is 0.151 e. The summed E-state index contributed by atoms with van der Waals surface area (Å²) >= 11 is 0. The molecular weight excluding hydrogens is 226 g/mol. The van der Waals surface area contributed by atoms with Crippen molar-refractivity contribution in [2.45, 2.75) is 45.3 Å². The second kappa shape index (κ2) is 6.71. The number of nitrogens with zero attached hydrogens (tertiary/aromatic N) is 2. The van der Waals surface area contributed by atoms with Crippen molar-refractivity contribution in [1.29, 1.82) is 0 Å². The average Bonchev–Trinajstić information content (AvgIpc) is 3.08. The van der Waals surface area contributed by atoms with Crippen LogP contribution in [0.3, 0.4) is 0 Å². The predicted molar refractivity (Wildman–Crippen MR) is 72.1 cm³/mol. The number of hydrogen-bond donors (Lipinski definition) is 1. The fraction of sp³-hybridized carbons (Fsp3) is 0.643. The molecule has 0 aliphatic heterocycles. The molecule has 0 unspecified atom stereocenters. The lowest BCUT2D eigenvalue weighted by molar-refractivity contribution is 0.251. The van der Waals surface area contributed by atoms with E-state index in [4.69, 9.17) is 4.52 Å². The van der Waals surface area contributed by atoms with Crippen LogP contribution < -0.4 is 5.32 Å². The lowest BCUT2D eigenvalue weighted by Crippen LogP contribution is -2.23. The zero-order chi connectivity index (χ0) is 12.8. The minimum atomic E-state index is 0.711. The summed E-state index contributed by atoms with van der Waals surface area (Å²) in [5, 5.41) is 7.54. The van der Waals surface area contributed by atoms with Crippen LogP contribution in [0.15, 0.2) is 23.2 Å². The number of nitrogens with one attached hydrogen (secondary N) is 1. The van der Waals surface area contributed by atoms with Crippen molar-refractivity contribution < 1.29 is 4.52 Å². The third kappa shape index (κ3) is 4.27. The van der Waals surface area contributed by atoms with E-state index in [2.05, 4.69) is 34.9 Å². The van der Waals surface area contributed by atoms with Crippen LogP contribution in [0, 0.1) is 0 Å². The van der Waals surface area contributed by atoms with E-state index >= 15 is 0 Å². The van der Waals surface area contributed by atoms with Gasteiger partial charge in [-0.05, 0) is 25.8 Å². The Morgan fingerprint density at radius 3 is 3.11 bits per heavy atom. The van der Waals surface area contributed by atoms with Crippen molar-refractivity contribution in [2.75, 3.05) is 13.1 Å².